The number of ether oxygens (including phenoxy) is 2. The zero-order chi connectivity index (χ0) is 26.0. The van der Waals surface area contributed by atoms with Crippen LogP contribution in [0, 0.1) is 34.5 Å². The Hall–Kier alpha value is -2.38. The summed E-state index contributed by atoms with van der Waals surface area (Å²) in [6, 6.07) is 0. The summed E-state index contributed by atoms with van der Waals surface area (Å²) in [6.07, 6.45) is 7.76. The first-order chi connectivity index (χ1) is 16.4. The molecular weight excluding hydrogens is 448 g/mol. The Morgan fingerprint density at radius 2 is 1.89 bits per heavy atom. The van der Waals surface area contributed by atoms with Crippen molar-refractivity contribution < 1.29 is 29.5 Å². The average Bonchev–Trinajstić information content (AvgIpc) is 3.06. The van der Waals surface area contributed by atoms with Crippen molar-refractivity contribution in [3.63, 3.8) is 0 Å². The van der Waals surface area contributed by atoms with Gasteiger partial charge in [-0.15, -0.1) is 0 Å². The minimum Gasteiger partial charge on any atom is -0.466 e. The number of hydrogen-bond acceptors (Lipinski definition) is 8. The summed E-state index contributed by atoms with van der Waals surface area (Å²) >= 11 is 0. The Kier molecular flexibility index (Phi) is 8.32. The van der Waals surface area contributed by atoms with E-state index in [0.29, 0.717) is 25.2 Å². The van der Waals surface area contributed by atoms with Crippen molar-refractivity contribution >= 4 is 23.4 Å². The molecule has 2 saturated carbocycles. The van der Waals surface area contributed by atoms with E-state index in [1.807, 2.05) is 6.92 Å². The highest BCUT2D eigenvalue weighted by atomic mass is 16.5. The number of allylic oxidation sites excluding steroid dienone is 1. The third kappa shape index (κ3) is 5.72. The lowest BCUT2D eigenvalue weighted by Crippen LogP contribution is -2.46. The molecule has 8 nitrogen and oxygen atoms in total. The molecule has 3 aliphatic carbocycles. The van der Waals surface area contributed by atoms with Gasteiger partial charge in [0.05, 0.1) is 18.0 Å². The minimum absolute atomic E-state index is 0.000160. The molecule has 0 unspecified atom stereocenters. The van der Waals surface area contributed by atoms with E-state index in [0.717, 1.165) is 37.8 Å². The van der Waals surface area contributed by atoms with E-state index in [9.17, 15) is 20.0 Å². The molecule has 196 valence electrons. The second-order valence-electron chi connectivity index (χ2n) is 11.6. The minimum atomic E-state index is -0.296. The summed E-state index contributed by atoms with van der Waals surface area (Å²) in [5.74, 6) is -0.321. The van der Waals surface area contributed by atoms with E-state index in [2.05, 4.69) is 37.2 Å². The zero-order valence-electron chi connectivity index (χ0n) is 22.0. The molecule has 2 fully saturated rings. The summed E-state index contributed by atoms with van der Waals surface area (Å²) in [7, 11) is 0. The molecule has 3 rings (SSSR count). The Labute approximate surface area is 208 Å². The van der Waals surface area contributed by atoms with Gasteiger partial charge >= 0.3 is 11.9 Å². The van der Waals surface area contributed by atoms with Gasteiger partial charge in [0.25, 0.3) is 0 Å². The quantitative estimate of drug-likeness (QED) is 0.156. The van der Waals surface area contributed by atoms with Crippen LogP contribution in [0.2, 0.25) is 0 Å². The highest BCUT2D eigenvalue weighted by Crippen LogP contribution is 2.63. The van der Waals surface area contributed by atoms with Crippen molar-refractivity contribution in [3.05, 3.63) is 11.6 Å². The Morgan fingerprint density at radius 1 is 1.17 bits per heavy atom. The van der Waals surface area contributed by atoms with Crippen LogP contribution in [-0.2, 0) is 19.1 Å². The van der Waals surface area contributed by atoms with Crippen molar-refractivity contribution in [2.45, 2.75) is 92.6 Å². The van der Waals surface area contributed by atoms with Crippen molar-refractivity contribution in [1.29, 1.82) is 0 Å². The normalized spacial score (nSPS) is 35.5. The molecule has 0 aliphatic heterocycles. The maximum Gasteiger partial charge on any atom is 0.302 e. The highest BCUT2D eigenvalue weighted by Gasteiger charge is 2.58. The first-order valence-electron chi connectivity index (χ1n) is 12.9. The number of esters is 2. The SMILES string of the molecule is CC(=O)OC[C@@H](C)CC/C(=N/O)[C@@H](C)[C@@H]1/C(=N/O)C[C@H]2C=C3C[C@@H](OC(C)=O)CC[C@@]3(C)C[C@@]21C. The molecule has 0 aromatic heterocycles. The first kappa shape index (κ1) is 27.2. The lowest BCUT2D eigenvalue weighted by molar-refractivity contribution is -0.148. The molecule has 35 heavy (non-hydrogen) atoms. The number of hydrogen-bond donors (Lipinski definition) is 2. The molecule has 3 aliphatic rings. The molecule has 0 aromatic rings. The van der Waals surface area contributed by atoms with E-state index in [1.54, 1.807) is 0 Å². The molecule has 0 bridgehead atoms. The molecule has 0 aromatic carbocycles. The van der Waals surface area contributed by atoms with Gasteiger partial charge in [0.1, 0.15) is 6.10 Å². The summed E-state index contributed by atoms with van der Waals surface area (Å²) in [6.45, 7) is 11.9. The van der Waals surface area contributed by atoms with Crippen molar-refractivity contribution in [2.75, 3.05) is 6.61 Å². The van der Waals surface area contributed by atoms with E-state index in [-0.39, 0.29) is 52.5 Å². The smallest absolute Gasteiger partial charge is 0.302 e. The molecule has 0 amide bonds. The molecule has 0 heterocycles. The number of oxime groups is 2. The number of nitrogens with zero attached hydrogens (tertiary/aromatic N) is 2. The van der Waals surface area contributed by atoms with Gasteiger partial charge in [0.15, 0.2) is 0 Å². The predicted molar refractivity (Wildman–Crippen MR) is 133 cm³/mol. The van der Waals surface area contributed by atoms with Gasteiger partial charge < -0.3 is 19.9 Å². The van der Waals surface area contributed by atoms with Gasteiger partial charge in [-0.2, -0.15) is 0 Å². The van der Waals surface area contributed by atoms with Crippen molar-refractivity contribution in [3.8, 4) is 0 Å². The number of fused-ring (bicyclic) bond motifs is 2. The van der Waals surface area contributed by atoms with Crippen molar-refractivity contribution in [2.24, 2.45) is 44.8 Å². The monoisotopic (exact) mass is 490 g/mol. The van der Waals surface area contributed by atoms with Gasteiger partial charge in [0, 0.05) is 32.1 Å². The topological polar surface area (TPSA) is 118 Å². The second kappa shape index (κ2) is 10.7. The van der Waals surface area contributed by atoms with Crippen LogP contribution in [0.25, 0.3) is 0 Å². The zero-order valence-corrected chi connectivity index (χ0v) is 22.0. The number of carbonyl (C=O) groups is 2. The van der Waals surface area contributed by atoms with Gasteiger partial charge in [-0.25, -0.2) is 0 Å². The molecule has 0 radical (unpaired) electrons. The molecular formula is C27H42N2O6. The van der Waals surface area contributed by atoms with Gasteiger partial charge in [-0.05, 0) is 61.2 Å². The lowest BCUT2D eigenvalue weighted by Gasteiger charge is -2.52. The first-order valence-corrected chi connectivity index (χ1v) is 12.9. The fourth-order valence-electron chi connectivity index (χ4n) is 7.07. The predicted octanol–water partition coefficient (Wildman–Crippen LogP) is 5.36. The van der Waals surface area contributed by atoms with Crippen LogP contribution < -0.4 is 0 Å². The van der Waals surface area contributed by atoms with Crippen LogP contribution in [0.1, 0.15) is 86.5 Å². The summed E-state index contributed by atoms with van der Waals surface area (Å²) in [4.78, 5) is 22.6. The summed E-state index contributed by atoms with van der Waals surface area (Å²) in [5.41, 5.74) is 2.64. The van der Waals surface area contributed by atoms with Crippen LogP contribution in [-0.4, -0.2) is 46.5 Å². The van der Waals surface area contributed by atoms with Crippen LogP contribution in [0.3, 0.4) is 0 Å². The molecule has 8 heteroatoms. The van der Waals surface area contributed by atoms with Crippen LogP contribution in [0.5, 0.6) is 0 Å². The number of rotatable bonds is 8. The standard InChI is InChI=1S/C27H42N2O6/c1-16(14-34-18(3)30)7-8-23(28-32)17(2)25-24(29-33)13-21-11-20-12-22(35-19(4)31)9-10-26(20,5)15-27(21,25)6/h11,16-17,21-22,25,32-33H,7-10,12-15H2,1-6H3/b28-23-,29-24+/t16-,17+,21+,22-,25+,26-,27-/m0/s1. The summed E-state index contributed by atoms with van der Waals surface area (Å²) < 4.78 is 10.6. The third-order valence-electron chi connectivity index (χ3n) is 8.84. The van der Waals surface area contributed by atoms with E-state index >= 15 is 0 Å². The van der Waals surface area contributed by atoms with Gasteiger partial charge in [0.2, 0.25) is 0 Å². The Bertz CT molecular complexity index is 911. The van der Waals surface area contributed by atoms with Crippen LogP contribution >= 0.6 is 0 Å². The Morgan fingerprint density at radius 3 is 2.49 bits per heavy atom. The highest BCUT2D eigenvalue weighted by molar-refractivity contribution is 5.97. The third-order valence-corrected chi connectivity index (χ3v) is 8.84. The Balaban J connectivity index is 1.80. The van der Waals surface area contributed by atoms with E-state index < -0.39 is 0 Å². The molecule has 0 spiro atoms. The van der Waals surface area contributed by atoms with Crippen LogP contribution in [0.15, 0.2) is 22.0 Å². The lowest BCUT2D eigenvalue weighted by atomic mass is 9.53. The average molecular weight is 491 g/mol. The van der Waals surface area contributed by atoms with Gasteiger partial charge in [-0.1, -0.05) is 49.7 Å². The van der Waals surface area contributed by atoms with Crippen LogP contribution in [0.4, 0.5) is 0 Å². The van der Waals surface area contributed by atoms with E-state index in [4.69, 9.17) is 9.47 Å². The maximum atomic E-state index is 11.5. The maximum absolute atomic E-state index is 11.5. The number of carbonyl (C=O) groups excluding carboxylic acids is 2. The fourth-order valence-corrected chi connectivity index (χ4v) is 7.07. The van der Waals surface area contributed by atoms with Crippen molar-refractivity contribution in [1.82, 2.24) is 0 Å². The largest absolute Gasteiger partial charge is 0.466 e. The molecule has 0 saturated heterocycles. The van der Waals surface area contributed by atoms with Gasteiger partial charge in [-0.3, -0.25) is 9.59 Å². The fraction of sp³-hybridized carbons (Fsp3) is 0.778. The second-order valence-corrected chi connectivity index (χ2v) is 11.6. The molecule has 7 atom stereocenters. The summed E-state index contributed by atoms with van der Waals surface area (Å²) in [5, 5.41) is 27.3. The molecule has 2 N–H and O–H groups in total. The van der Waals surface area contributed by atoms with E-state index in [1.165, 1.54) is 19.4 Å².